The third-order valence-electron chi connectivity index (χ3n) is 3.40. The first-order valence-electron chi connectivity index (χ1n) is 5.50. The Morgan fingerprint density at radius 3 is 3.07 bits per heavy atom. The topological polar surface area (TPSA) is 15.3 Å². The fourth-order valence-electron chi connectivity index (χ4n) is 2.65. The largest absolute Gasteiger partial charge is 0.367 e. The molecule has 14 heavy (non-hydrogen) atoms. The van der Waals surface area contributed by atoms with E-state index in [0.717, 1.165) is 12.6 Å². The summed E-state index contributed by atoms with van der Waals surface area (Å²) in [5.74, 6) is 0. The fourth-order valence-corrected chi connectivity index (χ4v) is 2.65. The van der Waals surface area contributed by atoms with Gasteiger partial charge in [0.25, 0.3) is 0 Å². The van der Waals surface area contributed by atoms with Gasteiger partial charge in [-0.3, -0.25) is 0 Å². The Labute approximate surface area is 84.9 Å². The second-order valence-corrected chi connectivity index (χ2v) is 4.22. The molecule has 0 unspecified atom stereocenters. The molecule has 2 nitrogen and oxygen atoms in total. The summed E-state index contributed by atoms with van der Waals surface area (Å²) < 4.78 is 0. The van der Waals surface area contributed by atoms with Gasteiger partial charge in [0.15, 0.2) is 0 Å². The van der Waals surface area contributed by atoms with E-state index in [2.05, 4.69) is 34.5 Å². The molecule has 0 saturated carbocycles. The summed E-state index contributed by atoms with van der Waals surface area (Å²) in [6, 6.07) is 9.56. The first-order chi connectivity index (χ1) is 6.95. The third kappa shape index (κ3) is 1.22. The van der Waals surface area contributed by atoms with Gasteiger partial charge in [-0.05, 0) is 31.0 Å². The normalized spacial score (nSPS) is 25.4. The van der Waals surface area contributed by atoms with E-state index in [4.69, 9.17) is 0 Å². The molecule has 1 N–H and O–H groups in total. The molecule has 0 bridgehead atoms. The Hall–Kier alpha value is -1.02. The maximum atomic E-state index is 3.44. The lowest BCUT2D eigenvalue weighted by Crippen LogP contribution is -2.35. The van der Waals surface area contributed by atoms with Crippen LogP contribution in [0.25, 0.3) is 0 Å². The van der Waals surface area contributed by atoms with Gasteiger partial charge in [0.2, 0.25) is 0 Å². The van der Waals surface area contributed by atoms with Gasteiger partial charge in [-0.25, -0.2) is 0 Å². The zero-order valence-corrected chi connectivity index (χ0v) is 8.37. The lowest BCUT2D eigenvalue weighted by Gasteiger charge is -2.26. The molecule has 1 fully saturated rings. The first-order valence-corrected chi connectivity index (χ1v) is 5.50. The second kappa shape index (κ2) is 3.28. The van der Waals surface area contributed by atoms with Gasteiger partial charge in [0.05, 0.1) is 0 Å². The molecule has 3 rings (SSSR count). The van der Waals surface area contributed by atoms with E-state index in [1.807, 2.05) is 0 Å². The Morgan fingerprint density at radius 1 is 1.29 bits per heavy atom. The van der Waals surface area contributed by atoms with Crippen molar-refractivity contribution in [2.24, 2.45) is 0 Å². The van der Waals surface area contributed by atoms with E-state index < -0.39 is 0 Å². The van der Waals surface area contributed by atoms with Crippen molar-refractivity contribution in [1.82, 2.24) is 5.32 Å². The van der Waals surface area contributed by atoms with Crippen LogP contribution in [0.2, 0.25) is 0 Å². The molecule has 0 radical (unpaired) electrons. The summed E-state index contributed by atoms with van der Waals surface area (Å²) in [6.07, 6.45) is 2.53. The Bertz CT molecular complexity index is 329. The molecule has 0 amide bonds. The van der Waals surface area contributed by atoms with Crippen LogP contribution in [0.15, 0.2) is 24.3 Å². The molecule has 1 aromatic carbocycles. The highest BCUT2D eigenvalue weighted by atomic mass is 15.2. The summed E-state index contributed by atoms with van der Waals surface area (Å²) in [7, 11) is 0. The molecule has 0 aromatic heterocycles. The summed E-state index contributed by atoms with van der Waals surface area (Å²) in [4.78, 5) is 2.58. The van der Waals surface area contributed by atoms with Crippen LogP contribution in [0.1, 0.15) is 12.0 Å². The minimum absolute atomic E-state index is 0.735. The van der Waals surface area contributed by atoms with Crippen molar-refractivity contribution in [3.05, 3.63) is 29.8 Å². The van der Waals surface area contributed by atoms with E-state index in [1.165, 1.54) is 37.2 Å². The lowest BCUT2D eigenvalue weighted by molar-refractivity contribution is 0.654. The SMILES string of the molecule is c1ccc2c(c1)CCN2[C@@H]1CCNC1. The Balaban J connectivity index is 1.89. The number of benzene rings is 1. The molecule has 2 aliphatic heterocycles. The lowest BCUT2D eigenvalue weighted by atomic mass is 10.1. The summed E-state index contributed by atoms with van der Waals surface area (Å²) in [5, 5.41) is 3.44. The van der Waals surface area contributed by atoms with Crippen molar-refractivity contribution in [3.63, 3.8) is 0 Å². The fraction of sp³-hybridized carbons (Fsp3) is 0.500. The molecule has 1 saturated heterocycles. The number of para-hydroxylation sites is 1. The van der Waals surface area contributed by atoms with Crippen LogP contribution in [0.4, 0.5) is 5.69 Å². The van der Waals surface area contributed by atoms with Gasteiger partial charge >= 0.3 is 0 Å². The van der Waals surface area contributed by atoms with E-state index in [-0.39, 0.29) is 0 Å². The van der Waals surface area contributed by atoms with E-state index in [1.54, 1.807) is 0 Å². The Kier molecular flexibility index (Phi) is 1.95. The first kappa shape index (κ1) is 8.30. The highest BCUT2D eigenvalue weighted by Gasteiger charge is 2.27. The summed E-state index contributed by atoms with van der Waals surface area (Å²) in [6.45, 7) is 3.56. The van der Waals surface area contributed by atoms with Crippen LogP contribution in [0.5, 0.6) is 0 Å². The predicted molar refractivity (Wildman–Crippen MR) is 58.8 cm³/mol. The number of nitrogens with zero attached hydrogens (tertiary/aromatic N) is 1. The predicted octanol–water partition coefficient (Wildman–Crippen LogP) is 1.41. The Morgan fingerprint density at radius 2 is 2.21 bits per heavy atom. The molecule has 1 atom stereocenters. The zero-order chi connectivity index (χ0) is 9.38. The van der Waals surface area contributed by atoms with E-state index >= 15 is 0 Å². The van der Waals surface area contributed by atoms with Crippen molar-refractivity contribution in [1.29, 1.82) is 0 Å². The molecular formula is C12H16N2. The van der Waals surface area contributed by atoms with E-state index in [0.29, 0.717) is 0 Å². The average Bonchev–Trinajstić information content (AvgIpc) is 2.85. The standard InChI is InChI=1S/C12H16N2/c1-2-4-12-10(3-1)6-8-14(12)11-5-7-13-9-11/h1-4,11,13H,5-9H2/t11-/m1/s1. The van der Waals surface area contributed by atoms with Crippen molar-refractivity contribution < 1.29 is 0 Å². The van der Waals surface area contributed by atoms with Crippen molar-refractivity contribution in [2.45, 2.75) is 18.9 Å². The van der Waals surface area contributed by atoms with Gasteiger partial charge in [0, 0.05) is 24.8 Å². The molecule has 2 heteroatoms. The summed E-state index contributed by atoms with van der Waals surface area (Å²) >= 11 is 0. The quantitative estimate of drug-likeness (QED) is 0.717. The third-order valence-corrected chi connectivity index (χ3v) is 3.40. The number of hydrogen-bond donors (Lipinski definition) is 1. The van der Waals surface area contributed by atoms with Gasteiger partial charge in [-0.15, -0.1) is 0 Å². The smallest absolute Gasteiger partial charge is 0.0426 e. The van der Waals surface area contributed by atoms with Crippen LogP contribution in [-0.4, -0.2) is 25.7 Å². The number of nitrogens with one attached hydrogen (secondary N) is 1. The number of anilines is 1. The van der Waals surface area contributed by atoms with Crippen LogP contribution in [-0.2, 0) is 6.42 Å². The summed E-state index contributed by atoms with van der Waals surface area (Å²) in [5.41, 5.74) is 3.00. The number of fused-ring (bicyclic) bond motifs is 1. The van der Waals surface area contributed by atoms with Crippen LogP contribution < -0.4 is 10.2 Å². The van der Waals surface area contributed by atoms with Gasteiger partial charge < -0.3 is 10.2 Å². The molecule has 1 aromatic rings. The molecule has 0 aliphatic carbocycles. The second-order valence-electron chi connectivity index (χ2n) is 4.22. The van der Waals surface area contributed by atoms with Gasteiger partial charge in [-0.2, -0.15) is 0 Å². The van der Waals surface area contributed by atoms with E-state index in [9.17, 15) is 0 Å². The average molecular weight is 188 g/mol. The van der Waals surface area contributed by atoms with Crippen LogP contribution in [0, 0.1) is 0 Å². The van der Waals surface area contributed by atoms with Gasteiger partial charge in [-0.1, -0.05) is 18.2 Å². The van der Waals surface area contributed by atoms with Crippen molar-refractivity contribution >= 4 is 5.69 Å². The number of rotatable bonds is 1. The molecule has 2 heterocycles. The van der Waals surface area contributed by atoms with Crippen LogP contribution >= 0.6 is 0 Å². The molecule has 2 aliphatic rings. The minimum Gasteiger partial charge on any atom is -0.367 e. The molecular weight excluding hydrogens is 172 g/mol. The zero-order valence-electron chi connectivity index (χ0n) is 8.37. The van der Waals surface area contributed by atoms with Gasteiger partial charge in [0.1, 0.15) is 0 Å². The number of hydrogen-bond acceptors (Lipinski definition) is 2. The minimum atomic E-state index is 0.735. The van der Waals surface area contributed by atoms with Crippen LogP contribution in [0.3, 0.4) is 0 Å². The highest BCUT2D eigenvalue weighted by molar-refractivity contribution is 5.58. The maximum Gasteiger partial charge on any atom is 0.0426 e. The highest BCUT2D eigenvalue weighted by Crippen LogP contribution is 2.30. The maximum absolute atomic E-state index is 3.44. The van der Waals surface area contributed by atoms with Crippen molar-refractivity contribution in [2.75, 3.05) is 24.5 Å². The molecule has 0 spiro atoms. The van der Waals surface area contributed by atoms with Crippen molar-refractivity contribution in [3.8, 4) is 0 Å². The molecule has 74 valence electrons. The monoisotopic (exact) mass is 188 g/mol.